The molecule has 0 fully saturated rings. The smallest absolute Gasteiger partial charge is 0.508 e. The zero-order valence-corrected chi connectivity index (χ0v) is 43.4. The SMILES string of the molecule is Cc1cc(Oc2[c-]c(C3=N[C@]4(C)C(C)(C)c5c(C(C)(C)C)cc(C(C)(C)C)cc5[C@]4(C)O3)cc(-c3ccccn3)c2)[c-]c(N2c3ccc(C(C)(C)C)cc3C(C)(C)c3cccnc32)c1.[Pt+2]. The van der Waals surface area contributed by atoms with E-state index in [1.165, 1.54) is 33.4 Å². The molecule has 2 atom stereocenters. The van der Waals surface area contributed by atoms with Gasteiger partial charge in [0, 0.05) is 51.5 Å². The van der Waals surface area contributed by atoms with Crippen LogP contribution in [0.5, 0.6) is 11.5 Å². The minimum absolute atomic E-state index is 0. The average molecular weight is 1040 g/mol. The molecule has 2 aromatic heterocycles. The maximum Gasteiger partial charge on any atom is 2.00 e. The second-order valence-electron chi connectivity index (χ2n) is 22.9. The molecule has 6 aromatic rings. The van der Waals surface area contributed by atoms with E-state index >= 15 is 0 Å². The molecule has 1 aliphatic carbocycles. The van der Waals surface area contributed by atoms with Crippen LogP contribution >= 0.6 is 0 Å². The van der Waals surface area contributed by atoms with Crippen molar-refractivity contribution in [2.45, 2.75) is 149 Å². The molecule has 0 N–H and O–H groups in total. The molecule has 0 bridgehead atoms. The molecular weight excluding hydrogens is 980 g/mol. The van der Waals surface area contributed by atoms with E-state index in [0.29, 0.717) is 23.0 Å². The first-order valence-corrected chi connectivity index (χ1v) is 22.8. The van der Waals surface area contributed by atoms with Crippen molar-refractivity contribution in [2.24, 2.45) is 4.99 Å². The van der Waals surface area contributed by atoms with E-state index in [1.807, 2.05) is 48.8 Å². The molecule has 0 saturated carbocycles. The summed E-state index contributed by atoms with van der Waals surface area (Å²) >= 11 is 0. The van der Waals surface area contributed by atoms with Gasteiger partial charge in [0.2, 0.25) is 0 Å². The molecule has 2 aliphatic heterocycles. The molecule has 65 heavy (non-hydrogen) atoms. The van der Waals surface area contributed by atoms with Crippen molar-refractivity contribution in [2.75, 3.05) is 4.90 Å². The third-order valence-electron chi connectivity index (χ3n) is 14.6. The van der Waals surface area contributed by atoms with Gasteiger partial charge in [0.05, 0.1) is 5.69 Å². The van der Waals surface area contributed by atoms with E-state index in [1.54, 1.807) is 0 Å². The van der Waals surface area contributed by atoms with E-state index in [4.69, 9.17) is 24.4 Å². The number of fused-ring (bicyclic) bond motifs is 5. The summed E-state index contributed by atoms with van der Waals surface area (Å²) in [7, 11) is 0. The normalized spacial score (nSPS) is 20.4. The predicted octanol–water partition coefficient (Wildman–Crippen LogP) is 14.6. The Morgan fingerprint density at radius 3 is 1.98 bits per heavy atom. The van der Waals surface area contributed by atoms with Gasteiger partial charge in [-0.05, 0) is 82.2 Å². The van der Waals surface area contributed by atoms with Crippen LogP contribution in [0.15, 0.2) is 102 Å². The van der Waals surface area contributed by atoms with E-state index < -0.39 is 11.1 Å². The van der Waals surface area contributed by atoms with Crippen LogP contribution in [0.2, 0.25) is 0 Å². The molecule has 6 nitrogen and oxygen atoms in total. The van der Waals surface area contributed by atoms with Crippen LogP contribution < -0.4 is 9.64 Å². The quantitative estimate of drug-likeness (QED) is 0.161. The molecule has 0 unspecified atom stereocenters. The summed E-state index contributed by atoms with van der Waals surface area (Å²) in [5.74, 6) is 2.52. The predicted molar refractivity (Wildman–Crippen MR) is 262 cm³/mol. The largest absolute Gasteiger partial charge is 2.00 e. The summed E-state index contributed by atoms with van der Waals surface area (Å²) in [5.41, 5.74) is 12.2. The third-order valence-corrected chi connectivity index (χ3v) is 14.6. The maximum atomic E-state index is 7.31. The van der Waals surface area contributed by atoms with Crippen molar-refractivity contribution in [3.05, 3.63) is 160 Å². The van der Waals surface area contributed by atoms with Gasteiger partial charge in [-0.3, -0.25) is 9.98 Å². The molecule has 7 heteroatoms. The fourth-order valence-corrected chi connectivity index (χ4v) is 10.4. The van der Waals surface area contributed by atoms with Crippen molar-refractivity contribution in [3.8, 4) is 22.8 Å². The van der Waals surface area contributed by atoms with E-state index in [2.05, 4.69) is 176 Å². The van der Waals surface area contributed by atoms with Crippen LogP contribution in [0.3, 0.4) is 0 Å². The zero-order valence-electron chi connectivity index (χ0n) is 41.2. The Hall–Kier alpha value is -5.06. The molecule has 0 spiro atoms. The number of aryl methyl sites for hydroxylation is 1. The van der Waals surface area contributed by atoms with Gasteiger partial charge < -0.3 is 14.4 Å². The van der Waals surface area contributed by atoms with E-state index in [0.717, 1.165) is 39.6 Å². The van der Waals surface area contributed by atoms with Crippen LogP contribution in [-0.2, 0) is 58.5 Å². The molecule has 4 aromatic carbocycles. The second-order valence-corrected chi connectivity index (χ2v) is 22.9. The number of hydrogen-bond donors (Lipinski definition) is 0. The fraction of sp³-hybridized carbons (Fsp3) is 0.397. The summed E-state index contributed by atoms with van der Waals surface area (Å²) in [4.78, 5) is 17.6. The first-order valence-electron chi connectivity index (χ1n) is 22.8. The van der Waals surface area contributed by atoms with Crippen LogP contribution in [0.1, 0.15) is 154 Å². The van der Waals surface area contributed by atoms with Crippen molar-refractivity contribution in [1.29, 1.82) is 0 Å². The average Bonchev–Trinajstić information content (AvgIpc) is 3.57. The molecule has 3 aliphatic rings. The summed E-state index contributed by atoms with van der Waals surface area (Å²) in [5, 5.41) is 0. The monoisotopic (exact) mass is 1040 g/mol. The Balaban J connectivity index is 0.00000576. The van der Waals surface area contributed by atoms with Crippen molar-refractivity contribution in [1.82, 2.24) is 9.97 Å². The molecule has 338 valence electrons. The first-order chi connectivity index (χ1) is 29.7. The Morgan fingerprint density at radius 1 is 0.646 bits per heavy atom. The van der Waals surface area contributed by atoms with Crippen LogP contribution in [0.25, 0.3) is 11.3 Å². The van der Waals surface area contributed by atoms with Gasteiger partial charge in [-0.2, -0.15) is 5.56 Å². The Bertz CT molecular complexity index is 2890. The Labute approximate surface area is 402 Å². The molecule has 9 rings (SSSR count). The Kier molecular flexibility index (Phi) is 10.9. The van der Waals surface area contributed by atoms with Gasteiger partial charge in [0.1, 0.15) is 22.9 Å². The van der Waals surface area contributed by atoms with E-state index in [9.17, 15) is 0 Å². The summed E-state index contributed by atoms with van der Waals surface area (Å²) in [6.45, 7) is 36.5. The Morgan fingerprint density at radius 2 is 1.32 bits per heavy atom. The number of aliphatic imine (C=N–C) groups is 1. The second kappa shape index (κ2) is 15.2. The molecule has 4 heterocycles. The van der Waals surface area contributed by atoms with Gasteiger partial charge in [0.15, 0.2) is 0 Å². The molecule has 0 saturated heterocycles. The number of aromatic nitrogens is 2. The zero-order chi connectivity index (χ0) is 46.2. The third kappa shape index (κ3) is 7.38. The van der Waals surface area contributed by atoms with Crippen molar-refractivity contribution >= 4 is 23.1 Å². The standard InChI is InChI=1S/C58H64N4O2.Pt/c1-35-26-40(62-48-23-22-38(52(2,3)4)31-44(48)55(11,12)43-20-19-25-60-50(43)62)34-41(27-35)63-42-29-36(47-21-17-18-24-59-47)28-37(30-42)51-61-58(16)56(13,14)49-45(54(8,9)10)32-39(53(5,6)7)33-46(49)57(58,15)64-51;/h17-29,31-33H,1-16H3;/q-2;+2/t57-,58+;/m0./s1. The van der Waals surface area contributed by atoms with Crippen LogP contribution in [-0.4, -0.2) is 21.4 Å². The molecular formula is C58H64N4O2Pt. The van der Waals surface area contributed by atoms with Crippen molar-refractivity contribution < 1.29 is 30.5 Å². The van der Waals surface area contributed by atoms with Crippen LogP contribution in [0, 0.1) is 19.1 Å². The topological polar surface area (TPSA) is 59.8 Å². The summed E-state index contributed by atoms with van der Waals surface area (Å²) in [6.07, 6.45) is 3.69. The number of anilines is 3. The molecule has 0 amide bonds. The van der Waals surface area contributed by atoms with Crippen LogP contribution in [0.4, 0.5) is 17.2 Å². The number of benzene rings is 4. The minimum Gasteiger partial charge on any atom is -0.508 e. The van der Waals surface area contributed by atoms with Gasteiger partial charge >= 0.3 is 21.1 Å². The van der Waals surface area contributed by atoms with Gasteiger partial charge in [0.25, 0.3) is 0 Å². The van der Waals surface area contributed by atoms with Gasteiger partial charge in [-0.1, -0.05) is 162 Å². The minimum atomic E-state index is -0.741. The van der Waals surface area contributed by atoms with Gasteiger partial charge in [-0.15, -0.1) is 24.3 Å². The molecule has 0 radical (unpaired) electrons. The van der Waals surface area contributed by atoms with E-state index in [-0.39, 0.29) is 48.1 Å². The number of nitrogens with zero attached hydrogens (tertiary/aromatic N) is 4. The summed E-state index contributed by atoms with van der Waals surface area (Å²) < 4.78 is 14.2. The number of pyridine rings is 2. The fourth-order valence-electron chi connectivity index (χ4n) is 10.4. The van der Waals surface area contributed by atoms with Crippen molar-refractivity contribution in [3.63, 3.8) is 0 Å². The first kappa shape index (κ1) is 46.5. The summed E-state index contributed by atoms with van der Waals surface area (Å²) in [6, 6.07) is 37.4. The number of ether oxygens (including phenoxy) is 2. The van der Waals surface area contributed by atoms with Gasteiger partial charge in [-0.25, -0.2) is 4.98 Å². The number of rotatable bonds is 5. The number of hydrogen-bond acceptors (Lipinski definition) is 6. The maximum absolute atomic E-state index is 7.31.